The highest BCUT2D eigenvalue weighted by molar-refractivity contribution is 5.79. The van der Waals surface area contributed by atoms with Gasteiger partial charge in [-0.3, -0.25) is 9.59 Å². The van der Waals surface area contributed by atoms with Gasteiger partial charge >= 0.3 is 5.97 Å². The van der Waals surface area contributed by atoms with Crippen LogP contribution in [0, 0.1) is 17.8 Å². The standard InChI is InChI=1S/C21H33NO4/c1-3-4-7-10-17(2)19(23)14-12-18-13-15-20(24)22(18)16-9-6-5-8-11-21(25)26/h12,14,17-19,23H,3,5-6,8-11,13,15-16H2,1-2H3,(H,25,26)/b14-12+/t17?,18-,19+/m0/s1. The molecule has 1 rings (SSSR count). The maximum absolute atomic E-state index is 12.1. The molecule has 0 saturated carbocycles. The number of aliphatic hydroxyl groups excluding tert-OH is 1. The summed E-state index contributed by atoms with van der Waals surface area (Å²) >= 11 is 0. The zero-order valence-electron chi connectivity index (χ0n) is 16.1. The maximum atomic E-state index is 12.1. The van der Waals surface area contributed by atoms with Crippen molar-refractivity contribution in [3.63, 3.8) is 0 Å². The zero-order chi connectivity index (χ0) is 19.4. The monoisotopic (exact) mass is 363 g/mol. The number of aliphatic carboxylic acids is 1. The molecule has 2 N–H and O–H groups in total. The highest BCUT2D eigenvalue weighted by Crippen LogP contribution is 2.21. The van der Waals surface area contributed by atoms with E-state index in [2.05, 4.69) is 11.8 Å². The number of carbonyl (C=O) groups excluding carboxylic acids is 1. The summed E-state index contributed by atoms with van der Waals surface area (Å²) in [5.41, 5.74) is 0. The number of hydrogen-bond donors (Lipinski definition) is 2. The fourth-order valence-electron chi connectivity index (χ4n) is 3.07. The van der Waals surface area contributed by atoms with Gasteiger partial charge in [0.25, 0.3) is 0 Å². The van der Waals surface area contributed by atoms with Crippen LogP contribution in [-0.2, 0) is 9.59 Å². The second-order valence-corrected chi connectivity index (χ2v) is 7.02. The summed E-state index contributed by atoms with van der Waals surface area (Å²) in [5, 5.41) is 18.9. The summed E-state index contributed by atoms with van der Waals surface area (Å²) in [6.07, 6.45) is 9.68. The van der Waals surface area contributed by atoms with Gasteiger partial charge in [-0.1, -0.05) is 38.8 Å². The molecule has 0 aromatic carbocycles. The lowest BCUT2D eigenvalue weighted by atomic mass is 10.00. The molecule has 0 radical (unpaired) electrons. The normalized spacial score (nSPS) is 19.4. The van der Waals surface area contributed by atoms with Gasteiger partial charge in [-0.2, -0.15) is 0 Å². The number of aliphatic hydroxyl groups is 1. The molecule has 0 aromatic heterocycles. The minimum Gasteiger partial charge on any atom is -0.481 e. The maximum Gasteiger partial charge on any atom is 0.303 e. The first-order valence-electron chi connectivity index (χ1n) is 9.79. The summed E-state index contributed by atoms with van der Waals surface area (Å²) in [6, 6.07) is 0.0603. The summed E-state index contributed by atoms with van der Waals surface area (Å²) in [7, 11) is 0. The summed E-state index contributed by atoms with van der Waals surface area (Å²) in [5.74, 6) is 5.57. The highest BCUT2D eigenvalue weighted by atomic mass is 16.4. The molecule has 1 heterocycles. The van der Waals surface area contributed by atoms with Gasteiger partial charge in [0.05, 0.1) is 12.1 Å². The van der Waals surface area contributed by atoms with Crippen molar-refractivity contribution in [3.8, 4) is 11.8 Å². The highest BCUT2D eigenvalue weighted by Gasteiger charge is 2.28. The molecule has 3 atom stereocenters. The Morgan fingerprint density at radius 1 is 1.31 bits per heavy atom. The molecule has 146 valence electrons. The largest absolute Gasteiger partial charge is 0.481 e. The van der Waals surface area contributed by atoms with E-state index in [0.717, 1.165) is 32.1 Å². The Labute approximate surface area is 157 Å². The van der Waals surface area contributed by atoms with Gasteiger partial charge < -0.3 is 15.1 Å². The lowest BCUT2D eigenvalue weighted by Gasteiger charge is -2.23. The first-order valence-corrected chi connectivity index (χ1v) is 9.79. The van der Waals surface area contributed by atoms with E-state index in [1.54, 1.807) is 6.08 Å². The van der Waals surface area contributed by atoms with Crippen LogP contribution in [0.1, 0.15) is 71.6 Å². The van der Waals surface area contributed by atoms with Gasteiger partial charge in [0.15, 0.2) is 0 Å². The third kappa shape index (κ3) is 8.53. The van der Waals surface area contributed by atoms with Crippen LogP contribution in [0.2, 0.25) is 0 Å². The molecule has 1 unspecified atom stereocenters. The molecule has 0 bridgehead atoms. The van der Waals surface area contributed by atoms with Gasteiger partial charge in [-0.25, -0.2) is 0 Å². The minimum atomic E-state index is -0.751. The average molecular weight is 363 g/mol. The molecule has 5 nitrogen and oxygen atoms in total. The molecular formula is C21H33NO4. The third-order valence-electron chi connectivity index (χ3n) is 4.75. The van der Waals surface area contributed by atoms with Crippen LogP contribution in [0.5, 0.6) is 0 Å². The second kappa shape index (κ2) is 12.5. The molecule has 1 fully saturated rings. The van der Waals surface area contributed by atoms with Crippen molar-refractivity contribution in [1.82, 2.24) is 4.90 Å². The number of likely N-dealkylation sites (tertiary alicyclic amines) is 1. The fourth-order valence-corrected chi connectivity index (χ4v) is 3.07. The van der Waals surface area contributed by atoms with E-state index >= 15 is 0 Å². The van der Waals surface area contributed by atoms with Crippen LogP contribution in [0.15, 0.2) is 12.2 Å². The van der Waals surface area contributed by atoms with E-state index < -0.39 is 12.1 Å². The first kappa shape index (κ1) is 22.2. The lowest BCUT2D eigenvalue weighted by molar-refractivity contribution is -0.137. The Kier molecular flexibility index (Phi) is 10.7. The van der Waals surface area contributed by atoms with Crippen LogP contribution < -0.4 is 0 Å². The van der Waals surface area contributed by atoms with Gasteiger partial charge in [0.2, 0.25) is 5.91 Å². The topological polar surface area (TPSA) is 77.8 Å². The Morgan fingerprint density at radius 3 is 2.73 bits per heavy atom. The molecule has 0 aromatic rings. The molecule has 1 aliphatic rings. The number of rotatable bonds is 11. The van der Waals surface area contributed by atoms with Crippen molar-refractivity contribution in [3.05, 3.63) is 12.2 Å². The van der Waals surface area contributed by atoms with E-state index in [0.29, 0.717) is 25.8 Å². The van der Waals surface area contributed by atoms with Gasteiger partial charge in [0, 0.05) is 32.2 Å². The van der Waals surface area contributed by atoms with Gasteiger partial charge in [-0.05, 0) is 25.2 Å². The van der Waals surface area contributed by atoms with Crippen LogP contribution in [0.4, 0.5) is 0 Å². The summed E-state index contributed by atoms with van der Waals surface area (Å²) in [4.78, 5) is 24.5. The van der Waals surface area contributed by atoms with E-state index in [4.69, 9.17) is 5.11 Å². The number of carboxylic acid groups (broad SMARTS) is 1. The second-order valence-electron chi connectivity index (χ2n) is 7.02. The van der Waals surface area contributed by atoms with E-state index in [1.165, 1.54) is 0 Å². The fraction of sp³-hybridized carbons (Fsp3) is 0.714. The van der Waals surface area contributed by atoms with E-state index in [1.807, 2.05) is 24.8 Å². The Bertz CT molecular complexity index is 532. The molecule has 26 heavy (non-hydrogen) atoms. The quantitative estimate of drug-likeness (QED) is 0.335. The number of nitrogens with zero attached hydrogens (tertiary/aromatic N) is 1. The van der Waals surface area contributed by atoms with Crippen molar-refractivity contribution < 1.29 is 19.8 Å². The minimum absolute atomic E-state index is 0.0603. The molecule has 0 spiro atoms. The first-order chi connectivity index (χ1) is 12.5. The number of hydrogen-bond acceptors (Lipinski definition) is 3. The Hall–Kier alpha value is -1.80. The van der Waals surface area contributed by atoms with Crippen molar-refractivity contribution in [1.29, 1.82) is 0 Å². The SMILES string of the molecule is CCC#CCC(C)[C@H](O)/C=C/[C@H]1CCC(=O)N1CCCCCCC(=O)O. The molecule has 1 saturated heterocycles. The van der Waals surface area contributed by atoms with E-state index in [-0.39, 0.29) is 24.3 Å². The summed E-state index contributed by atoms with van der Waals surface area (Å²) in [6.45, 7) is 4.69. The third-order valence-corrected chi connectivity index (χ3v) is 4.75. The number of unbranched alkanes of at least 4 members (excludes halogenated alkanes) is 3. The Morgan fingerprint density at radius 2 is 2.04 bits per heavy atom. The molecular weight excluding hydrogens is 330 g/mol. The van der Waals surface area contributed by atoms with Gasteiger partial charge in [-0.15, -0.1) is 11.8 Å². The van der Waals surface area contributed by atoms with Crippen molar-refractivity contribution >= 4 is 11.9 Å². The van der Waals surface area contributed by atoms with Crippen LogP contribution in [0.25, 0.3) is 0 Å². The molecule has 0 aliphatic carbocycles. The Balaban J connectivity index is 2.39. The van der Waals surface area contributed by atoms with Crippen LogP contribution in [0.3, 0.4) is 0 Å². The smallest absolute Gasteiger partial charge is 0.303 e. The molecule has 5 heteroatoms. The zero-order valence-corrected chi connectivity index (χ0v) is 16.1. The number of carboxylic acids is 1. The van der Waals surface area contributed by atoms with Crippen LogP contribution in [-0.4, -0.2) is 45.7 Å². The van der Waals surface area contributed by atoms with Crippen molar-refractivity contribution in [2.75, 3.05) is 6.54 Å². The summed E-state index contributed by atoms with van der Waals surface area (Å²) < 4.78 is 0. The van der Waals surface area contributed by atoms with Crippen molar-refractivity contribution in [2.24, 2.45) is 5.92 Å². The van der Waals surface area contributed by atoms with Gasteiger partial charge in [0.1, 0.15) is 0 Å². The lowest BCUT2D eigenvalue weighted by Crippen LogP contribution is -2.33. The average Bonchev–Trinajstić information content (AvgIpc) is 2.95. The molecule has 1 amide bonds. The number of carbonyl (C=O) groups is 2. The van der Waals surface area contributed by atoms with E-state index in [9.17, 15) is 14.7 Å². The van der Waals surface area contributed by atoms with Crippen LogP contribution >= 0.6 is 0 Å². The number of amides is 1. The predicted octanol–water partition coefficient (Wildman–Crippen LogP) is 3.37. The van der Waals surface area contributed by atoms with Crippen molar-refractivity contribution in [2.45, 2.75) is 83.8 Å². The predicted molar refractivity (Wildman–Crippen MR) is 102 cm³/mol. The molecule has 1 aliphatic heterocycles.